The van der Waals surface area contributed by atoms with E-state index in [0.29, 0.717) is 12.5 Å². The summed E-state index contributed by atoms with van der Waals surface area (Å²) in [5, 5.41) is 4.56. The molecule has 0 aromatic carbocycles. The summed E-state index contributed by atoms with van der Waals surface area (Å²) < 4.78 is 16.6. The summed E-state index contributed by atoms with van der Waals surface area (Å²) in [7, 11) is 0. The molecule has 1 fully saturated rings. The third-order valence-corrected chi connectivity index (χ3v) is 5.34. The van der Waals surface area contributed by atoms with Gasteiger partial charge in [0.1, 0.15) is 11.5 Å². The highest BCUT2D eigenvalue weighted by Gasteiger charge is 2.28. The van der Waals surface area contributed by atoms with Crippen LogP contribution < -0.4 is 5.56 Å². The Morgan fingerprint density at radius 2 is 2.08 bits per heavy atom. The van der Waals surface area contributed by atoms with Crippen molar-refractivity contribution in [2.24, 2.45) is 5.92 Å². The Kier molecular flexibility index (Phi) is 3.63. The molecule has 0 atom stereocenters. The van der Waals surface area contributed by atoms with E-state index in [1.165, 1.54) is 12.3 Å². The first kappa shape index (κ1) is 15.7. The molecule has 4 heterocycles. The van der Waals surface area contributed by atoms with Crippen LogP contribution in [0.15, 0.2) is 35.4 Å². The summed E-state index contributed by atoms with van der Waals surface area (Å²) >= 11 is 0. The second-order valence-corrected chi connectivity index (χ2v) is 7.40. The molecule has 0 radical (unpaired) electrons. The largest absolute Gasteiger partial charge is 0.304 e. The molecule has 1 aliphatic carbocycles. The van der Waals surface area contributed by atoms with E-state index in [1.54, 1.807) is 21.2 Å². The summed E-state index contributed by atoms with van der Waals surface area (Å²) in [4.78, 5) is 19.0. The minimum Gasteiger partial charge on any atom is -0.304 e. The number of pyridine rings is 1. The van der Waals surface area contributed by atoms with Crippen molar-refractivity contribution in [3.05, 3.63) is 63.7 Å². The predicted molar refractivity (Wildman–Crippen MR) is 94.4 cm³/mol. The lowest BCUT2D eigenvalue weighted by Crippen LogP contribution is -2.49. The summed E-state index contributed by atoms with van der Waals surface area (Å²) in [5.41, 5.74) is 3.93. The number of halogens is 1. The van der Waals surface area contributed by atoms with Gasteiger partial charge in [-0.25, -0.2) is 14.1 Å². The molecule has 0 saturated carbocycles. The number of aromatic nitrogens is 4. The standard InChI is InChI=1S/C19H20FN5O/c20-15-4-5-18-21-16(12-24(18)10-15)11-23-7-13(8-23)9-25-19(26)6-14-2-1-3-17(14)22-25/h4-6,10,12-13H,1-3,7-9,11H2. The van der Waals surface area contributed by atoms with Crippen LogP contribution in [-0.2, 0) is 25.9 Å². The third-order valence-electron chi connectivity index (χ3n) is 5.34. The average molecular weight is 353 g/mol. The summed E-state index contributed by atoms with van der Waals surface area (Å²) in [6.45, 7) is 3.27. The van der Waals surface area contributed by atoms with Crippen molar-refractivity contribution in [1.29, 1.82) is 0 Å². The zero-order chi connectivity index (χ0) is 17.7. The van der Waals surface area contributed by atoms with Crippen molar-refractivity contribution in [2.75, 3.05) is 13.1 Å². The van der Waals surface area contributed by atoms with Gasteiger partial charge in [-0.15, -0.1) is 0 Å². The van der Waals surface area contributed by atoms with Crippen molar-refractivity contribution in [3.8, 4) is 0 Å². The molecular weight excluding hydrogens is 333 g/mol. The maximum atomic E-state index is 13.3. The summed E-state index contributed by atoms with van der Waals surface area (Å²) in [6.07, 6.45) is 6.39. The number of hydrogen-bond donors (Lipinski definition) is 0. The lowest BCUT2D eigenvalue weighted by atomic mass is 10.00. The SMILES string of the molecule is O=c1cc2c(nn1CC1CN(Cc3cn4cc(F)ccc4n3)C1)CCC2. The normalized spacial score (nSPS) is 17.6. The van der Waals surface area contributed by atoms with Crippen molar-refractivity contribution < 1.29 is 4.39 Å². The van der Waals surface area contributed by atoms with Gasteiger partial charge < -0.3 is 4.40 Å². The van der Waals surface area contributed by atoms with E-state index >= 15 is 0 Å². The molecule has 1 saturated heterocycles. The molecule has 1 aliphatic heterocycles. The number of hydrogen-bond acceptors (Lipinski definition) is 4. The number of rotatable bonds is 4. The maximum Gasteiger partial charge on any atom is 0.267 e. The van der Waals surface area contributed by atoms with Crippen LogP contribution in [0.4, 0.5) is 4.39 Å². The van der Waals surface area contributed by atoms with Crippen LogP contribution in [0, 0.1) is 11.7 Å². The van der Waals surface area contributed by atoms with Gasteiger partial charge in [0, 0.05) is 44.0 Å². The fourth-order valence-corrected chi connectivity index (χ4v) is 4.06. The third kappa shape index (κ3) is 2.82. The molecule has 3 aromatic heterocycles. The minimum absolute atomic E-state index is 0.0199. The van der Waals surface area contributed by atoms with Crippen LogP contribution >= 0.6 is 0 Å². The highest BCUT2D eigenvalue weighted by atomic mass is 19.1. The Balaban J connectivity index is 1.21. The van der Waals surface area contributed by atoms with Crippen molar-refractivity contribution in [2.45, 2.75) is 32.4 Å². The van der Waals surface area contributed by atoms with E-state index in [1.807, 2.05) is 6.20 Å². The molecule has 0 spiro atoms. The second-order valence-electron chi connectivity index (χ2n) is 7.40. The molecule has 7 heteroatoms. The van der Waals surface area contributed by atoms with Gasteiger partial charge in [-0.05, 0) is 37.0 Å². The van der Waals surface area contributed by atoms with E-state index in [-0.39, 0.29) is 11.4 Å². The number of imidazole rings is 1. The topological polar surface area (TPSA) is 55.4 Å². The van der Waals surface area contributed by atoms with Gasteiger partial charge >= 0.3 is 0 Å². The quantitative estimate of drug-likeness (QED) is 0.716. The first-order valence-electron chi connectivity index (χ1n) is 9.09. The molecular formula is C19H20FN5O. The predicted octanol–water partition coefficient (Wildman–Crippen LogP) is 1.65. The van der Waals surface area contributed by atoms with Gasteiger partial charge in [-0.1, -0.05) is 0 Å². The van der Waals surface area contributed by atoms with Crippen LogP contribution in [0.1, 0.15) is 23.4 Å². The van der Waals surface area contributed by atoms with Crippen molar-refractivity contribution in [3.63, 3.8) is 0 Å². The Bertz CT molecular complexity index is 1030. The van der Waals surface area contributed by atoms with Gasteiger partial charge in [0.05, 0.1) is 17.9 Å². The fourth-order valence-electron chi connectivity index (χ4n) is 4.06. The average Bonchev–Trinajstić information content (AvgIpc) is 3.18. The summed E-state index contributed by atoms with van der Waals surface area (Å²) in [6, 6.07) is 4.87. The fraction of sp³-hybridized carbons (Fsp3) is 0.421. The Hall–Kier alpha value is -2.54. The number of aryl methyl sites for hydroxylation is 2. The van der Waals surface area contributed by atoms with Crippen LogP contribution in [0.25, 0.3) is 5.65 Å². The molecule has 5 rings (SSSR count). The highest BCUT2D eigenvalue weighted by molar-refractivity contribution is 5.39. The van der Waals surface area contributed by atoms with E-state index in [4.69, 9.17) is 0 Å². The van der Waals surface area contributed by atoms with E-state index in [9.17, 15) is 9.18 Å². The van der Waals surface area contributed by atoms with E-state index < -0.39 is 0 Å². The van der Waals surface area contributed by atoms with Crippen molar-refractivity contribution >= 4 is 5.65 Å². The van der Waals surface area contributed by atoms with Crippen LogP contribution in [0.3, 0.4) is 0 Å². The Labute approximate surface area is 149 Å². The van der Waals surface area contributed by atoms with Crippen LogP contribution in [-0.4, -0.2) is 37.2 Å². The van der Waals surface area contributed by atoms with Gasteiger partial charge in [-0.2, -0.15) is 5.10 Å². The van der Waals surface area contributed by atoms with Gasteiger partial charge in [0.2, 0.25) is 0 Å². The molecule has 6 nitrogen and oxygen atoms in total. The van der Waals surface area contributed by atoms with E-state index in [2.05, 4.69) is 15.0 Å². The van der Waals surface area contributed by atoms with Gasteiger partial charge in [0.25, 0.3) is 5.56 Å². The zero-order valence-electron chi connectivity index (χ0n) is 14.4. The highest BCUT2D eigenvalue weighted by Crippen LogP contribution is 2.21. The summed E-state index contributed by atoms with van der Waals surface area (Å²) in [5.74, 6) is 0.173. The van der Waals surface area contributed by atoms with E-state index in [0.717, 1.165) is 61.5 Å². The first-order valence-corrected chi connectivity index (χ1v) is 9.09. The van der Waals surface area contributed by atoms with Gasteiger partial charge in [0.15, 0.2) is 0 Å². The van der Waals surface area contributed by atoms with Gasteiger partial charge in [-0.3, -0.25) is 9.69 Å². The zero-order valence-corrected chi connectivity index (χ0v) is 14.4. The molecule has 134 valence electrons. The number of likely N-dealkylation sites (tertiary alicyclic amines) is 1. The smallest absolute Gasteiger partial charge is 0.267 e. The first-order chi connectivity index (χ1) is 12.6. The van der Waals surface area contributed by atoms with Crippen molar-refractivity contribution in [1.82, 2.24) is 24.1 Å². The maximum absolute atomic E-state index is 13.3. The molecule has 0 amide bonds. The second kappa shape index (κ2) is 6.02. The molecule has 26 heavy (non-hydrogen) atoms. The molecule has 0 unspecified atom stereocenters. The Morgan fingerprint density at radius 3 is 2.96 bits per heavy atom. The lowest BCUT2D eigenvalue weighted by Gasteiger charge is -2.38. The van der Waals surface area contributed by atoms with Crippen LogP contribution in [0.2, 0.25) is 0 Å². The number of fused-ring (bicyclic) bond motifs is 2. The molecule has 2 aliphatic rings. The van der Waals surface area contributed by atoms with Crippen LogP contribution in [0.5, 0.6) is 0 Å². The minimum atomic E-state index is -0.266. The Morgan fingerprint density at radius 1 is 1.19 bits per heavy atom. The molecule has 3 aromatic rings. The number of nitrogens with zero attached hydrogens (tertiary/aromatic N) is 5. The molecule has 0 N–H and O–H groups in total. The lowest BCUT2D eigenvalue weighted by molar-refractivity contribution is 0.0754. The molecule has 0 bridgehead atoms. The monoisotopic (exact) mass is 353 g/mol.